The number of aliphatic carboxylic acids is 1. The number of aliphatic hydroxyl groups excluding tert-OH is 1. The summed E-state index contributed by atoms with van der Waals surface area (Å²) in [6.07, 6.45) is 2.92. The summed E-state index contributed by atoms with van der Waals surface area (Å²) in [5, 5.41) is 22.2. The molecule has 4 heteroatoms. The predicted octanol–water partition coefficient (Wildman–Crippen LogP) is 2.83. The standard InChI is InChI=1S/C17H25NO3/c1-11(2)12-3-5-13(6-4-12)16(17(20)21)18-14-7-9-15(19)10-8-14/h3-6,11,14-16,18-19H,7-10H2,1-2H3,(H,20,21). The molecular weight excluding hydrogens is 266 g/mol. The summed E-state index contributed by atoms with van der Waals surface area (Å²) in [6, 6.07) is 7.30. The molecule has 0 amide bonds. The van der Waals surface area contributed by atoms with Crippen molar-refractivity contribution in [1.82, 2.24) is 5.32 Å². The fourth-order valence-electron chi connectivity index (χ4n) is 2.86. The van der Waals surface area contributed by atoms with Gasteiger partial charge in [-0.05, 0) is 42.7 Å². The van der Waals surface area contributed by atoms with Gasteiger partial charge in [-0.15, -0.1) is 0 Å². The first-order valence-corrected chi connectivity index (χ1v) is 7.74. The molecule has 4 nitrogen and oxygen atoms in total. The molecule has 0 saturated heterocycles. The number of carbonyl (C=O) groups is 1. The molecule has 0 radical (unpaired) electrons. The van der Waals surface area contributed by atoms with E-state index in [1.807, 2.05) is 24.3 Å². The molecule has 21 heavy (non-hydrogen) atoms. The maximum absolute atomic E-state index is 11.5. The molecule has 1 aromatic rings. The minimum Gasteiger partial charge on any atom is -0.480 e. The summed E-state index contributed by atoms with van der Waals surface area (Å²) in [6.45, 7) is 4.24. The van der Waals surface area contributed by atoms with Gasteiger partial charge < -0.3 is 10.2 Å². The van der Waals surface area contributed by atoms with Crippen LogP contribution in [0.1, 0.15) is 62.6 Å². The highest BCUT2D eigenvalue weighted by molar-refractivity contribution is 5.75. The van der Waals surface area contributed by atoms with Crippen molar-refractivity contribution < 1.29 is 15.0 Å². The van der Waals surface area contributed by atoms with Gasteiger partial charge in [0.1, 0.15) is 6.04 Å². The molecule has 0 bridgehead atoms. The van der Waals surface area contributed by atoms with Crippen LogP contribution in [-0.2, 0) is 4.79 Å². The Hall–Kier alpha value is -1.39. The molecule has 116 valence electrons. The zero-order valence-corrected chi connectivity index (χ0v) is 12.7. The Kier molecular flexibility index (Phi) is 5.37. The summed E-state index contributed by atoms with van der Waals surface area (Å²) in [5.74, 6) is -0.409. The average Bonchev–Trinajstić information content (AvgIpc) is 2.46. The molecular formula is C17H25NO3. The molecule has 0 heterocycles. The second-order valence-corrected chi connectivity index (χ2v) is 6.26. The van der Waals surface area contributed by atoms with Crippen molar-refractivity contribution in [1.29, 1.82) is 0 Å². The van der Waals surface area contributed by atoms with Gasteiger partial charge in [0, 0.05) is 6.04 Å². The second kappa shape index (κ2) is 7.05. The fraction of sp³-hybridized carbons (Fsp3) is 0.588. The van der Waals surface area contributed by atoms with E-state index in [1.165, 1.54) is 5.56 Å². The van der Waals surface area contributed by atoms with Crippen LogP contribution < -0.4 is 5.32 Å². The highest BCUT2D eigenvalue weighted by Crippen LogP contribution is 2.23. The zero-order chi connectivity index (χ0) is 15.4. The van der Waals surface area contributed by atoms with Crippen LogP contribution in [0.3, 0.4) is 0 Å². The van der Waals surface area contributed by atoms with E-state index >= 15 is 0 Å². The number of nitrogens with one attached hydrogen (secondary N) is 1. The van der Waals surface area contributed by atoms with Crippen LogP contribution in [0.4, 0.5) is 0 Å². The average molecular weight is 291 g/mol. The van der Waals surface area contributed by atoms with Crippen molar-refractivity contribution in [2.45, 2.75) is 63.6 Å². The van der Waals surface area contributed by atoms with E-state index in [2.05, 4.69) is 19.2 Å². The van der Waals surface area contributed by atoms with Crippen LogP contribution in [0.2, 0.25) is 0 Å². The van der Waals surface area contributed by atoms with E-state index in [9.17, 15) is 15.0 Å². The van der Waals surface area contributed by atoms with Crippen molar-refractivity contribution in [3.8, 4) is 0 Å². The van der Waals surface area contributed by atoms with Crippen LogP contribution in [0.15, 0.2) is 24.3 Å². The van der Waals surface area contributed by atoms with Crippen LogP contribution in [0.25, 0.3) is 0 Å². The van der Waals surface area contributed by atoms with Gasteiger partial charge in [-0.3, -0.25) is 10.1 Å². The Morgan fingerprint density at radius 3 is 2.10 bits per heavy atom. The minimum atomic E-state index is -0.849. The van der Waals surface area contributed by atoms with Gasteiger partial charge in [0.15, 0.2) is 0 Å². The highest BCUT2D eigenvalue weighted by Gasteiger charge is 2.26. The predicted molar refractivity (Wildman–Crippen MR) is 82.3 cm³/mol. The lowest BCUT2D eigenvalue weighted by atomic mass is 9.91. The van der Waals surface area contributed by atoms with E-state index in [0.717, 1.165) is 31.2 Å². The molecule has 2 rings (SSSR count). The van der Waals surface area contributed by atoms with Crippen molar-refractivity contribution >= 4 is 5.97 Å². The van der Waals surface area contributed by atoms with Crippen LogP contribution in [0, 0.1) is 0 Å². The Labute approximate surface area is 126 Å². The van der Waals surface area contributed by atoms with Crippen LogP contribution in [0.5, 0.6) is 0 Å². The normalized spacial score (nSPS) is 24.0. The summed E-state index contributed by atoms with van der Waals surface area (Å²) >= 11 is 0. The van der Waals surface area contributed by atoms with Crippen molar-refractivity contribution in [3.63, 3.8) is 0 Å². The third kappa shape index (κ3) is 4.29. The Morgan fingerprint density at radius 1 is 1.10 bits per heavy atom. The second-order valence-electron chi connectivity index (χ2n) is 6.26. The number of carboxylic acids is 1. The third-order valence-electron chi connectivity index (χ3n) is 4.28. The maximum atomic E-state index is 11.5. The Balaban J connectivity index is 2.06. The molecule has 1 aromatic carbocycles. The van der Waals surface area contributed by atoms with Crippen molar-refractivity contribution in [2.75, 3.05) is 0 Å². The topological polar surface area (TPSA) is 69.6 Å². The van der Waals surface area contributed by atoms with E-state index < -0.39 is 12.0 Å². The molecule has 1 unspecified atom stereocenters. The first-order chi connectivity index (χ1) is 9.97. The van der Waals surface area contributed by atoms with E-state index in [0.29, 0.717) is 5.92 Å². The van der Waals surface area contributed by atoms with Gasteiger partial charge in [0.2, 0.25) is 0 Å². The van der Waals surface area contributed by atoms with Gasteiger partial charge in [0.25, 0.3) is 0 Å². The van der Waals surface area contributed by atoms with Crippen LogP contribution >= 0.6 is 0 Å². The molecule has 1 aliphatic rings. The van der Waals surface area contributed by atoms with Gasteiger partial charge in [0.05, 0.1) is 6.10 Å². The molecule has 1 aliphatic carbocycles. The van der Waals surface area contributed by atoms with E-state index in [1.54, 1.807) is 0 Å². The lowest BCUT2D eigenvalue weighted by molar-refractivity contribution is -0.140. The summed E-state index contributed by atoms with van der Waals surface area (Å²) in [4.78, 5) is 11.5. The van der Waals surface area contributed by atoms with Gasteiger partial charge >= 0.3 is 5.97 Å². The number of hydrogen-bond acceptors (Lipinski definition) is 3. The van der Waals surface area contributed by atoms with Gasteiger partial charge in [-0.1, -0.05) is 38.1 Å². The smallest absolute Gasteiger partial charge is 0.325 e. The zero-order valence-electron chi connectivity index (χ0n) is 12.7. The number of rotatable bonds is 5. The van der Waals surface area contributed by atoms with E-state index in [-0.39, 0.29) is 12.1 Å². The first kappa shape index (κ1) is 16.0. The van der Waals surface area contributed by atoms with Crippen molar-refractivity contribution in [3.05, 3.63) is 35.4 Å². The molecule has 1 atom stereocenters. The third-order valence-corrected chi connectivity index (χ3v) is 4.28. The summed E-state index contributed by atoms with van der Waals surface area (Å²) < 4.78 is 0. The molecule has 1 fully saturated rings. The Morgan fingerprint density at radius 2 is 1.62 bits per heavy atom. The number of aliphatic hydroxyl groups is 1. The Bertz CT molecular complexity index is 461. The lowest BCUT2D eigenvalue weighted by Crippen LogP contribution is -2.40. The summed E-state index contributed by atoms with van der Waals surface area (Å²) in [7, 11) is 0. The number of carboxylic acid groups (broad SMARTS) is 1. The minimum absolute atomic E-state index is 0.166. The SMILES string of the molecule is CC(C)c1ccc(C(NC2CCC(O)CC2)C(=O)O)cc1. The number of benzene rings is 1. The highest BCUT2D eigenvalue weighted by atomic mass is 16.4. The maximum Gasteiger partial charge on any atom is 0.325 e. The summed E-state index contributed by atoms with van der Waals surface area (Å²) in [5.41, 5.74) is 2.00. The fourth-order valence-corrected chi connectivity index (χ4v) is 2.86. The van der Waals surface area contributed by atoms with Crippen molar-refractivity contribution in [2.24, 2.45) is 0 Å². The molecule has 0 aromatic heterocycles. The van der Waals surface area contributed by atoms with Gasteiger partial charge in [-0.25, -0.2) is 0 Å². The van der Waals surface area contributed by atoms with E-state index in [4.69, 9.17) is 0 Å². The molecule has 3 N–H and O–H groups in total. The molecule has 0 spiro atoms. The quantitative estimate of drug-likeness (QED) is 0.780. The van der Waals surface area contributed by atoms with Gasteiger partial charge in [-0.2, -0.15) is 0 Å². The molecule has 0 aliphatic heterocycles. The first-order valence-electron chi connectivity index (χ1n) is 7.74. The van der Waals surface area contributed by atoms with Crippen LogP contribution in [-0.4, -0.2) is 28.3 Å². The monoisotopic (exact) mass is 291 g/mol. The largest absolute Gasteiger partial charge is 0.480 e. The molecule has 1 saturated carbocycles. The lowest BCUT2D eigenvalue weighted by Gasteiger charge is -2.29. The number of hydrogen-bond donors (Lipinski definition) is 3.